The molecule has 0 amide bonds. The van der Waals surface area contributed by atoms with Crippen LogP contribution in [0.25, 0.3) is 0 Å². The minimum atomic E-state index is 0. The zero-order chi connectivity index (χ0) is 8.43. The van der Waals surface area contributed by atoms with E-state index in [4.69, 9.17) is 5.73 Å². The molecule has 0 heterocycles. The van der Waals surface area contributed by atoms with Gasteiger partial charge in [0.05, 0.1) is 0 Å². The molecule has 1 rings (SSSR count). The van der Waals surface area contributed by atoms with E-state index in [0.717, 1.165) is 10.0 Å². The first-order valence-electron chi connectivity index (χ1n) is 3.63. The van der Waals surface area contributed by atoms with Crippen molar-refractivity contribution in [1.82, 2.24) is 0 Å². The smallest absolute Gasteiger partial charge is 0.0277 e. The number of hydrogen-bond acceptors (Lipinski definition) is 1. The van der Waals surface area contributed by atoms with Gasteiger partial charge < -0.3 is 5.73 Å². The molecule has 12 heavy (non-hydrogen) atoms. The van der Waals surface area contributed by atoms with Gasteiger partial charge in [0.15, 0.2) is 0 Å². The molecule has 0 saturated heterocycles. The van der Waals surface area contributed by atoms with Crippen LogP contribution < -0.4 is 5.73 Å². The summed E-state index contributed by atoms with van der Waals surface area (Å²) in [6.45, 7) is 4.05. The molecule has 68 valence electrons. The van der Waals surface area contributed by atoms with Crippen molar-refractivity contribution in [2.75, 3.05) is 0 Å². The van der Waals surface area contributed by atoms with E-state index < -0.39 is 0 Å². The van der Waals surface area contributed by atoms with Gasteiger partial charge in [-0.05, 0) is 31.0 Å². The van der Waals surface area contributed by atoms with Crippen LogP contribution in [0.1, 0.15) is 24.1 Å². The van der Waals surface area contributed by atoms with Crippen molar-refractivity contribution in [2.45, 2.75) is 19.9 Å². The molecule has 1 aromatic rings. The summed E-state index contributed by atoms with van der Waals surface area (Å²) in [5.74, 6) is 0. The van der Waals surface area contributed by atoms with Crippen molar-refractivity contribution in [3.05, 3.63) is 33.8 Å². The van der Waals surface area contributed by atoms with E-state index in [1.54, 1.807) is 0 Å². The summed E-state index contributed by atoms with van der Waals surface area (Å²) >= 11 is 3.47. The summed E-state index contributed by atoms with van der Waals surface area (Å²) in [6.07, 6.45) is 0. The van der Waals surface area contributed by atoms with Crippen LogP contribution in [0.3, 0.4) is 0 Å². The Labute approximate surface area is 87.9 Å². The molecule has 2 N–H and O–H groups in total. The maximum Gasteiger partial charge on any atom is 0.0277 e. The third-order valence-electron chi connectivity index (χ3n) is 1.65. The van der Waals surface area contributed by atoms with Gasteiger partial charge in [-0.3, -0.25) is 0 Å². The van der Waals surface area contributed by atoms with Crippen LogP contribution in [0.2, 0.25) is 0 Å². The van der Waals surface area contributed by atoms with Crippen molar-refractivity contribution in [3.8, 4) is 0 Å². The molecule has 3 heteroatoms. The predicted molar refractivity (Wildman–Crippen MR) is 58.7 cm³/mol. The van der Waals surface area contributed by atoms with Crippen LogP contribution in [0.5, 0.6) is 0 Å². The summed E-state index contributed by atoms with van der Waals surface area (Å²) in [5.41, 5.74) is 8.15. The first-order valence-corrected chi connectivity index (χ1v) is 4.42. The molecule has 0 aliphatic rings. The van der Waals surface area contributed by atoms with E-state index >= 15 is 0 Å². The molecular formula is C9H13BrClN. The highest BCUT2D eigenvalue weighted by Gasteiger charge is 2.03. The topological polar surface area (TPSA) is 26.0 Å². The molecule has 0 aliphatic carbocycles. The second-order valence-electron chi connectivity index (χ2n) is 2.81. The van der Waals surface area contributed by atoms with Gasteiger partial charge in [-0.25, -0.2) is 0 Å². The van der Waals surface area contributed by atoms with Gasteiger partial charge >= 0.3 is 0 Å². The second kappa shape index (κ2) is 4.85. The Morgan fingerprint density at radius 3 is 2.42 bits per heavy atom. The van der Waals surface area contributed by atoms with E-state index in [0.29, 0.717) is 0 Å². The van der Waals surface area contributed by atoms with Crippen LogP contribution >= 0.6 is 28.3 Å². The largest absolute Gasteiger partial charge is 0.324 e. The normalized spacial score (nSPS) is 12.0. The first kappa shape index (κ1) is 11.9. The molecule has 0 radical (unpaired) electrons. The van der Waals surface area contributed by atoms with E-state index in [-0.39, 0.29) is 18.4 Å². The number of aryl methyl sites for hydroxylation is 1. The molecule has 1 nitrogen and oxygen atoms in total. The van der Waals surface area contributed by atoms with Gasteiger partial charge in [-0.2, -0.15) is 0 Å². The molecule has 1 aromatic carbocycles. The molecule has 0 fully saturated rings. The Balaban J connectivity index is 0.00000121. The number of rotatable bonds is 1. The van der Waals surface area contributed by atoms with Crippen molar-refractivity contribution >= 4 is 28.3 Å². The molecule has 1 atom stereocenters. The Bertz CT molecular complexity index is 261. The van der Waals surface area contributed by atoms with Crippen LogP contribution in [0.15, 0.2) is 22.7 Å². The van der Waals surface area contributed by atoms with Crippen molar-refractivity contribution < 1.29 is 0 Å². The highest BCUT2D eigenvalue weighted by atomic mass is 79.9. The second-order valence-corrected chi connectivity index (χ2v) is 3.67. The molecule has 0 bridgehead atoms. The first-order chi connectivity index (χ1) is 5.11. The average molecular weight is 251 g/mol. The third-order valence-corrected chi connectivity index (χ3v) is 2.33. The summed E-state index contributed by atoms with van der Waals surface area (Å²) in [7, 11) is 0. The molecule has 0 saturated carbocycles. The lowest BCUT2D eigenvalue weighted by Crippen LogP contribution is -2.05. The van der Waals surface area contributed by atoms with Gasteiger partial charge in [-0.1, -0.05) is 28.1 Å². The minimum absolute atomic E-state index is 0. The Kier molecular flexibility index (Phi) is 4.83. The van der Waals surface area contributed by atoms with Gasteiger partial charge in [0, 0.05) is 10.5 Å². The van der Waals surface area contributed by atoms with Gasteiger partial charge in [-0.15, -0.1) is 12.4 Å². The van der Waals surface area contributed by atoms with Crippen LogP contribution in [-0.2, 0) is 0 Å². The lowest BCUT2D eigenvalue weighted by molar-refractivity contribution is 0.812. The molecule has 0 aromatic heterocycles. The quantitative estimate of drug-likeness (QED) is 0.814. The molecule has 0 aliphatic heterocycles. The number of halogens is 2. The fourth-order valence-corrected chi connectivity index (χ4v) is 1.86. The van der Waals surface area contributed by atoms with Crippen molar-refractivity contribution in [3.63, 3.8) is 0 Å². The monoisotopic (exact) mass is 249 g/mol. The van der Waals surface area contributed by atoms with Crippen LogP contribution in [0, 0.1) is 6.92 Å². The minimum Gasteiger partial charge on any atom is -0.324 e. The van der Waals surface area contributed by atoms with Gasteiger partial charge in [0.1, 0.15) is 0 Å². The third kappa shape index (κ3) is 2.77. The van der Waals surface area contributed by atoms with Gasteiger partial charge in [0.25, 0.3) is 0 Å². The summed E-state index contributed by atoms with van der Waals surface area (Å²) < 4.78 is 1.10. The maximum absolute atomic E-state index is 5.73. The maximum atomic E-state index is 5.73. The summed E-state index contributed by atoms with van der Waals surface area (Å²) in [4.78, 5) is 0. The highest BCUT2D eigenvalue weighted by molar-refractivity contribution is 9.10. The Morgan fingerprint density at radius 2 is 2.00 bits per heavy atom. The fraction of sp³-hybridized carbons (Fsp3) is 0.333. The molecular weight excluding hydrogens is 237 g/mol. The lowest BCUT2D eigenvalue weighted by Gasteiger charge is -2.08. The highest BCUT2D eigenvalue weighted by Crippen LogP contribution is 2.22. The molecule has 0 spiro atoms. The van der Waals surface area contributed by atoms with Crippen molar-refractivity contribution in [1.29, 1.82) is 0 Å². The predicted octanol–water partition coefficient (Wildman–Crippen LogP) is 3.20. The average Bonchev–Trinajstić information content (AvgIpc) is 1.85. The molecule has 0 unspecified atom stereocenters. The SMILES string of the molecule is Cc1ccc([C@H](C)N)c(Br)c1.Cl. The van der Waals surface area contributed by atoms with Crippen LogP contribution in [0.4, 0.5) is 0 Å². The Hall–Kier alpha value is -0.0500. The summed E-state index contributed by atoms with van der Waals surface area (Å²) in [5, 5.41) is 0. The summed E-state index contributed by atoms with van der Waals surface area (Å²) in [6, 6.07) is 6.32. The van der Waals surface area contributed by atoms with E-state index in [2.05, 4.69) is 41.1 Å². The fourth-order valence-electron chi connectivity index (χ4n) is 1.00. The number of nitrogens with two attached hydrogens (primary N) is 1. The van der Waals surface area contributed by atoms with E-state index in [1.807, 2.05) is 6.92 Å². The number of benzene rings is 1. The van der Waals surface area contributed by atoms with Crippen molar-refractivity contribution in [2.24, 2.45) is 5.73 Å². The standard InChI is InChI=1S/C9H12BrN.ClH/c1-6-3-4-8(7(2)11)9(10)5-6;/h3-5,7H,11H2,1-2H3;1H/t7-;/m0./s1. The van der Waals surface area contributed by atoms with Gasteiger partial charge in [0.2, 0.25) is 0 Å². The van der Waals surface area contributed by atoms with Crippen LogP contribution in [-0.4, -0.2) is 0 Å². The number of hydrogen-bond donors (Lipinski definition) is 1. The lowest BCUT2D eigenvalue weighted by atomic mass is 10.1. The Morgan fingerprint density at radius 1 is 1.42 bits per heavy atom. The van der Waals surface area contributed by atoms with E-state index in [9.17, 15) is 0 Å². The zero-order valence-corrected chi connectivity index (χ0v) is 9.58. The zero-order valence-electron chi connectivity index (χ0n) is 7.17. The van der Waals surface area contributed by atoms with E-state index in [1.165, 1.54) is 5.56 Å².